The molecule has 1 aromatic rings. The van der Waals surface area contributed by atoms with Gasteiger partial charge in [0.15, 0.2) is 0 Å². The molecule has 110 valence electrons. The molecule has 6 heteroatoms. The van der Waals surface area contributed by atoms with Gasteiger partial charge in [0.1, 0.15) is 0 Å². The van der Waals surface area contributed by atoms with Crippen LogP contribution in [0, 0.1) is 6.92 Å². The van der Waals surface area contributed by atoms with Crippen LogP contribution in [0.2, 0.25) is 0 Å². The monoisotopic (exact) mass is 295 g/mol. The molecule has 0 spiro atoms. The molecule has 0 heterocycles. The highest BCUT2D eigenvalue weighted by atomic mass is 32.2. The number of benzene rings is 1. The molecule has 0 radical (unpaired) electrons. The Morgan fingerprint density at radius 2 is 1.90 bits per heavy atom. The third kappa shape index (κ3) is 4.38. The number of nitrogens with two attached hydrogens (primary N) is 1. The normalized spacial score (nSPS) is 12.2. The highest BCUT2D eigenvalue weighted by Crippen LogP contribution is 2.13. The molecule has 1 aromatic carbocycles. The second-order valence-corrected chi connectivity index (χ2v) is 6.31. The van der Waals surface area contributed by atoms with E-state index in [1.165, 1.54) is 12.1 Å². The van der Waals surface area contributed by atoms with Crippen LogP contribution < -0.4 is 5.73 Å². The van der Waals surface area contributed by atoms with Gasteiger partial charge in [0.25, 0.3) is 10.0 Å². The van der Waals surface area contributed by atoms with E-state index < -0.39 is 10.0 Å². The van der Waals surface area contributed by atoms with E-state index in [-0.39, 0.29) is 10.9 Å². The Kier molecular flexibility index (Phi) is 5.33. The van der Waals surface area contributed by atoms with Crippen molar-refractivity contribution in [3.8, 4) is 0 Å². The minimum absolute atomic E-state index is 0.0175. The molecule has 0 aliphatic heterocycles. The molecule has 2 N–H and O–H groups in total. The lowest BCUT2D eigenvalue weighted by molar-refractivity contribution is 0.472. The SMILES string of the molecule is C=C(C)CN(CC)/C(N)=N\S(=O)(=O)c1ccc(C)cc1. The predicted octanol–water partition coefficient (Wildman–Crippen LogP) is 1.90. The zero-order valence-electron chi connectivity index (χ0n) is 12.1. The summed E-state index contributed by atoms with van der Waals surface area (Å²) in [5, 5.41) is 0. The lowest BCUT2D eigenvalue weighted by atomic mass is 10.2. The summed E-state index contributed by atoms with van der Waals surface area (Å²) < 4.78 is 28.0. The van der Waals surface area contributed by atoms with E-state index in [9.17, 15) is 8.42 Å². The molecule has 0 amide bonds. The Labute approximate surface area is 120 Å². The molecule has 0 aromatic heterocycles. The highest BCUT2D eigenvalue weighted by molar-refractivity contribution is 7.90. The number of hydrogen-bond acceptors (Lipinski definition) is 2. The van der Waals surface area contributed by atoms with Gasteiger partial charge < -0.3 is 10.6 Å². The van der Waals surface area contributed by atoms with Crippen molar-refractivity contribution >= 4 is 16.0 Å². The van der Waals surface area contributed by atoms with Crippen LogP contribution in [-0.4, -0.2) is 32.4 Å². The number of rotatable bonds is 5. The lowest BCUT2D eigenvalue weighted by Crippen LogP contribution is -2.38. The Bertz CT molecular complexity index is 604. The molecule has 0 fully saturated rings. The van der Waals surface area contributed by atoms with Crippen LogP contribution in [0.4, 0.5) is 0 Å². The first kappa shape index (κ1) is 16.2. The third-order valence-corrected chi connectivity index (χ3v) is 3.99. The Balaban J connectivity index is 3.06. The fourth-order valence-corrected chi connectivity index (χ4v) is 2.57. The molecule has 0 saturated carbocycles. The second kappa shape index (κ2) is 6.56. The topological polar surface area (TPSA) is 75.8 Å². The minimum Gasteiger partial charge on any atom is -0.369 e. The van der Waals surface area contributed by atoms with Crippen molar-refractivity contribution in [2.45, 2.75) is 25.7 Å². The summed E-state index contributed by atoms with van der Waals surface area (Å²) in [6.07, 6.45) is 0. The Morgan fingerprint density at radius 3 is 2.35 bits per heavy atom. The molecule has 0 saturated heterocycles. The molecular weight excluding hydrogens is 274 g/mol. The zero-order chi connectivity index (χ0) is 15.3. The molecule has 0 aliphatic carbocycles. The van der Waals surface area contributed by atoms with Gasteiger partial charge in [-0.3, -0.25) is 0 Å². The van der Waals surface area contributed by atoms with Crippen LogP contribution in [0.15, 0.2) is 45.7 Å². The third-order valence-electron chi connectivity index (χ3n) is 2.70. The minimum atomic E-state index is -3.78. The first-order valence-electron chi connectivity index (χ1n) is 6.32. The summed E-state index contributed by atoms with van der Waals surface area (Å²) in [5.41, 5.74) is 7.66. The molecule has 20 heavy (non-hydrogen) atoms. The summed E-state index contributed by atoms with van der Waals surface area (Å²) in [4.78, 5) is 1.80. The van der Waals surface area contributed by atoms with Gasteiger partial charge in [-0.25, -0.2) is 0 Å². The van der Waals surface area contributed by atoms with Crippen molar-refractivity contribution in [2.24, 2.45) is 10.1 Å². The first-order chi connectivity index (χ1) is 9.26. The summed E-state index contributed by atoms with van der Waals surface area (Å²) in [5.74, 6) is -0.0175. The fourth-order valence-electron chi connectivity index (χ4n) is 1.62. The standard InChI is InChI=1S/C14H21N3O2S/c1-5-17(10-11(2)3)14(15)16-20(18,19)13-8-6-12(4)7-9-13/h6-9H,2,5,10H2,1,3-4H3,(H2,15,16). The summed E-state index contributed by atoms with van der Waals surface area (Å²) in [6, 6.07) is 6.50. The van der Waals surface area contributed by atoms with Crippen LogP contribution in [0.5, 0.6) is 0 Å². The van der Waals surface area contributed by atoms with E-state index in [2.05, 4.69) is 11.0 Å². The molecule has 0 atom stereocenters. The number of sulfonamides is 1. The van der Waals surface area contributed by atoms with Crippen LogP contribution in [0.3, 0.4) is 0 Å². The number of nitrogens with zero attached hydrogens (tertiary/aromatic N) is 2. The first-order valence-corrected chi connectivity index (χ1v) is 7.76. The average Bonchev–Trinajstić information content (AvgIpc) is 2.35. The molecule has 1 rings (SSSR count). The van der Waals surface area contributed by atoms with Gasteiger partial charge in [-0.2, -0.15) is 8.42 Å². The van der Waals surface area contributed by atoms with Crippen molar-refractivity contribution in [2.75, 3.05) is 13.1 Å². The lowest BCUT2D eigenvalue weighted by Gasteiger charge is -2.21. The molecule has 0 bridgehead atoms. The molecule has 0 aliphatic rings. The molecule has 5 nitrogen and oxygen atoms in total. The van der Waals surface area contributed by atoms with E-state index in [1.807, 2.05) is 20.8 Å². The highest BCUT2D eigenvalue weighted by Gasteiger charge is 2.15. The fraction of sp³-hybridized carbons (Fsp3) is 0.357. The van der Waals surface area contributed by atoms with Crippen molar-refractivity contribution in [3.05, 3.63) is 42.0 Å². The summed E-state index contributed by atoms with van der Waals surface area (Å²) in [6.45, 7) is 10.4. The van der Waals surface area contributed by atoms with Gasteiger partial charge in [-0.15, -0.1) is 4.40 Å². The summed E-state index contributed by atoms with van der Waals surface area (Å²) in [7, 11) is -3.78. The summed E-state index contributed by atoms with van der Waals surface area (Å²) >= 11 is 0. The van der Waals surface area contributed by atoms with Gasteiger partial charge in [-0.05, 0) is 32.9 Å². The van der Waals surface area contributed by atoms with Crippen LogP contribution >= 0.6 is 0 Å². The van der Waals surface area contributed by atoms with Crippen molar-refractivity contribution in [1.82, 2.24) is 4.90 Å². The maximum absolute atomic E-state index is 12.1. The van der Waals surface area contributed by atoms with Crippen molar-refractivity contribution in [1.29, 1.82) is 0 Å². The zero-order valence-corrected chi connectivity index (χ0v) is 12.9. The van der Waals surface area contributed by atoms with E-state index in [0.717, 1.165) is 11.1 Å². The number of hydrogen-bond donors (Lipinski definition) is 1. The van der Waals surface area contributed by atoms with Crippen LogP contribution in [0.1, 0.15) is 19.4 Å². The smallest absolute Gasteiger partial charge is 0.285 e. The van der Waals surface area contributed by atoms with Crippen molar-refractivity contribution in [3.63, 3.8) is 0 Å². The maximum atomic E-state index is 12.1. The average molecular weight is 295 g/mol. The number of guanidine groups is 1. The number of aryl methyl sites for hydroxylation is 1. The Morgan fingerprint density at radius 1 is 1.35 bits per heavy atom. The second-order valence-electron chi connectivity index (χ2n) is 4.71. The quantitative estimate of drug-likeness (QED) is 0.511. The van der Waals surface area contributed by atoms with Gasteiger partial charge >= 0.3 is 0 Å². The van der Waals surface area contributed by atoms with E-state index in [0.29, 0.717) is 13.1 Å². The Hall–Kier alpha value is -1.82. The largest absolute Gasteiger partial charge is 0.369 e. The molecule has 0 unspecified atom stereocenters. The van der Waals surface area contributed by atoms with Gasteiger partial charge in [0.05, 0.1) is 4.90 Å². The van der Waals surface area contributed by atoms with Gasteiger partial charge in [-0.1, -0.05) is 29.8 Å². The van der Waals surface area contributed by atoms with Crippen LogP contribution in [0.25, 0.3) is 0 Å². The van der Waals surface area contributed by atoms with E-state index in [4.69, 9.17) is 5.73 Å². The van der Waals surface area contributed by atoms with E-state index >= 15 is 0 Å². The van der Waals surface area contributed by atoms with E-state index in [1.54, 1.807) is 17.0 Å². The molecular formula is C14H21N3O2S. The maximum Gasteiger partial charge on any atom is 0.285 e. The van der Waals surface area contributed by atoms with Crippen LogP contribution in [-0.2, 0) is 10.0 Å². The van der Waals surface area contributed by atoms with Gasteiger partial charge in [0, 0.05) is 13.1 Å². The predicted molar refractivity (Wildman–Crippen MR) is 82.0 cm³/mol. The van der Waals surface area contributed by atoms with Crippen molar-refractivity contribution < 1.29 is 8.42 Å². The van der Waals surface area contributed by atoms with Gasteiger partial charge in [0.2, 0.25) is 5.96 Å². The number of likely N-dealkylation sites (N-methyl/N-ethyl adjacent to an activating group) is 1.